The Bertz CT molecular complexity index is 473. The predicted octanol–water partition coefficient (Wildman–Crippen LogP) is 1.73. The molecule has 2 aliphatic heterocycles. The van der Waals surface area contributed by atoms with Crippen LogP contribution in [0, 0.1) is 11.5 Å². The molecule has 2 atom stereocenters. The van der Waals surface area contributed by atoms with Crippen molar-refractivity contribution in [3.05, 3.63) is 0 Å². The summed E-state index contributed by atoms with van der Waals surface area (Å²) < 4.78 is 23.9. The lowest BCUT2D eigenvalue weighted by Gasteiger charge is -2.34. The van der Waals surface area contributed by atoms with Crippen molar-refractivity contribution in [3.8, 4) is 11.5 Å². The summed E-state index contributed by atoms with van der Waals surface area (Å²) in [5, 5.41) is 9.88. The minimum Gasteiger partial charge on any atom is -0.389 e. The van der Waals surface area contributed by atoms with E-state index in [1.807, 2.05) is 0 Å². The summed E-state index contributed by atoms with van der Waals surface area (Å²) in [5.74, 6) is 3.10. The summed E-state index contributed by atoms with van der Waals surface area (Å²) in [4.78, 5) is 0. The molecule has 102 valence electrons. The van der Waals surface area contributed by atoms with E-state index < -0.39 is 23.5 Å². The topological polar surface area (TPSA) is 54.4 Å². The molecule has 0 aliphatic carbocycles. The smallest absolute Gasteiger partial charge is 0.156 e. The van der Waals surface area contributed by atoms with E-state index in [4.69, 9.17) is 0 Å². The van der Waals surface area contributed by atoms with E-state index in [1.54, 1.807) is 0 Å². The van der Waals surface area contributed by atoms with Crippen molar-refractivity contribution >= 4 is 17.9 Å². The van der Waals surface area contributed by atoms with Crippen molar-refractivity contribution in [1.82, 2.24) is 0 Å². The number of hydrogen-bond donors (Lipinski definition) is 1. The van der Waals surface area contributed by atoms with Crippen molar-refractivity contribution < 1.29 is 13.5 Å². The van der Waals surface area contributed by atoms with Gasteiger partial charge in [-0.05, 0) is 25.7 Å². The molecule has 2 rings (SSSR count). The number of hydrogen-bond acceptors (Lipinski definition) is 3. The quantitative estimate of drug-likeness (QED) is 0.590. The van der Waals surface area contributed by atoms with Crippen LogP contribution >= 0.6 is 0 Å². The lowest BCUT2D eigenvalue weighted by Crippen LogP contribution is -2.44. The maximum atomic E-state index is 12.0. The lowest BCUT2D eigenvalue weighted by molar-refractivity contribution is 0.0266. The third kappa shape index (κ3) is 2.81. The summed E-state index contributed by atoms with van der Waals surface area (Å²) >= 11 is 0. The molecule has 2 heterocycles. The molecule has 0 spiro atoms. The van der Waals surface area contributed by atoms with Crippen LogP contribution in [0.3, 0.4) is 0 Å². The molecule has 2 bridgehead atoms. The van der Waals surface area contributed by atoms with Crippen LogP contribution in [0.25, 0.3) is 0 Å². The number of sulfone groups is 1. The average Bonchev–Trinajstić information content (AvgIpc) is 2.38. The number of aliphatic hydroxyl groups is 1. The highest BCUT2D eigenvalue weighted by atomic mass is 32.2. The van der Waals surface area contributed by atoms with Crippen molar-refractivity contribution in [2.45, 2.75) is 67.8 Å². The summed E-state index contributed by atoms with van der Waals surface area (Å²) in [7, 11) is -4.36. The Hall–Kier alpha value is -0.313. The Labute approximate surface area is 111 Å². The monoisotopic (exact) mass is 286 g/mol. The Morgan fingerprint density at radius 3 is 2.17 bits per heavy atom. The molecule has 2 aliphatic rings. The first-order chi connectivity index (χ1) is 8.12. The third-order valence-electron chi connectivity index (χ3n) is 3.84. The largest absolute Gasteiger partial charge is 0.389 e. The van der Waals surface area contributed by atoms with Crippen molar-refractivity contribution in [2.24, 2.45) is 0 Å². The fraction of sp³-hybridized carbons (Fsp3) is 0.846. The second-order valence-corrected chi connectivity index (χ2v) is 14.0. The van der Waals surface area contributed by atoms with Crippen molar-refractivity contribution in [1.29, 1.82) is 0 Å². The predicted molar refractivity (Wildman–Crippen MR) is 75.7 cm³/mol. The first-order valence-corrected chi connectivity index (χ1v) is 11.7. The fourth-order valence-electron chi connectivity index (χ4n) is 2.96. The lowest BCUT2D eigenvalue weighted by atomic mass is 9.90. The summed E-state index contributed by atoms with van der Waals surface area (Å²) in [6.07, 6.45) is 2.63. The SMILES string of the molecule is C[Si](C)(C)C#CCC1(O)CC2CCC(C1)S2(=O)=O. The minimum atomic E-state index is -2.95. The molecule has 3 nitrogen and oxygen atoms in total. The molecule has 0 aromatic heterocycles. The summed E-state index contributed by atoms with van der Waals surface area (Å²) in [6, 6.07) is 0. The van der Waals surface area contributed by atoms with E-state index in [9.17, 15) is 13.5 Å². The summed E-state index contributed by atoms with van der Waals surface area (Å²) in [5.41, 5.74) is 2.37. The molecule has 2 unspecified atom stereocenters. The van der Waals surface area contributed by atoms with Gasteiger partial charge in [0.2, 0.25) is 0 Å². The highest BCUT2D eigenvalue weighted by molar-refractivity contribution is 7.93. The molecule has 5 heteroatoms. The molecule has 0 saturated carbocycles. The first kappa shape index (κ1) is 14.1. The van der Waals surface area contributed by atoms with Gasteiger partial charge in [-0.2, -0.15) is 0 Å². The van der Waals surface area contributed by atoms with Crippen LogP contribution in [-0.2, 0) is 9.84 Å². The van der Waals surface area contributed by atoms with Gasteiger partial charge < -0.3 is 5.11 Å². The number of rotatable bonds is 1. The van der Waals surface area contributed by atoms with Crippen LogP contribution in [0.15, 0.2) is 0 Å². The third-order valence-corrected chi connectivity index (χ3v) is 7.43. The second kappa shape index (κ2) is 4.36. The summed E-state index contributed by atoms with van der Waals surface area (Å²) in [6.45, 7) is 6.50. The Kier molecular flexibility index (Phi) is 3.42. The molecule has 1 N–H and O–H groups in total. The van der Waals surface area contributed by atoms with Crippen LogP contribution in [0.5, 0.6) is 0 Å². The fourth-order valence-corrected chi connectivity index (χ4v) is 6.14. The molecule has 0 amide bonds. The highest BCUT2D eigenvalue weighted by Gasteiger charge is 2.52. The van der Waals surface area contributed by atoms with Crippen molar-refractivity contribution in [3.63, 3.8) is 0 Å². The second-order valence-electron chi connectivity index (χ2n) is 6.77. The molecule has 0 radical (unpaired) electrons. The zero-order chi connectivity index (χ0) is 13.6. The van der Waals surface area contributed by atoms with Crippen LogP contribution in [0.4, 0.5) is 0 Å². The number of fused-ring (bicyclic) bond motifs is 2. The van der Waals surface area contributed by atoms with Crippen LogP contribution < -0.4 is 0 Å². The van der Waals surface area contributed by atoms with E-state index in [-0.39, 0.29) is 10.5 Å². The molecule has 18 heavy (non-hydrogen) atoms. The maximum Gasteiger partial charge on any atom is 0.156 e. The zero-order valence-electron chi connectivity index (χ0n) is 11.4. The van der Waals surface area contributed by atoms with Gasteiger partial charge in [-0.1, -0.05) is 19.6 Å². The van der Waals surface area contributed by atoms with E-state index >= 15 is 0 Å². The van der Waals surface area contributed by atoms with E-state index in [0.717, 1.165) is 12.8 Å². The Balaban J connectivity index is 2.09. The normalized spacial score (nSPS) is 38.0. The van der Waals surface area contributed by atoms with Gasteiger partial charge in [0.25, 0.3) is 0 Å². The maximum absolute atomic E-state index is 12.0. The Morgan fingerprint density at radius 1 is 1.22 bits per heavy atom. The van der Waals surface area contributed by atoms with Crippen LogP contribution in [0.2, 0.25) is 19.6 Å². The van der Waals surface area contributed by atoms with Gasteiger partial charge in [0, 0.05) is 6.42 Å². The van der Waals surface area contributed by atoms with Gasteiger partial charge in [0.1, 0.15) is 8.07 Å². The molecule has 0 aromatic carbocycles. The van der Waals surface area contributed by atoms with Crippen LogP contribution in [-0.4, -0.2) is 37.7 Å². The van der Waals surface area contributed by atoms with Gasteiger partial charge in [-0.3, -0.25) is 0 Å². The first-order valence-electron chi connectivity index (χ1n) is 6.58. The van der Waals surface area contributed by atoms with Gasteiger partial charge in [-0.15, -0.1) is 11.5 Å². The minimum absolute atomic E-state index is 0.324. The molecule has 0 aromatic rings. The van der Waals surface area contributed by atoms with Gasteiger partial charge in [-0.25, -0.2) is 8.42 Å². The molecule has 2 saturated heterocycles. The van der Waals surface area contributed by atoms with Crippen LogP contribution in [0.1, 0.15) is 32.1 Å². The van der Waals surface area contributed by atoms with Gasteiger partial charge >= 0.3 is 0 Å². The van der Waals surface area contributed by atoms with E-state index in [2.05, 4.69) is 31.1 Å². The van der Waals surface area contributed by atoms with Gasteiger partial charge in [0.05, 0.1) is 16.1 Å². The highest BCUT2D eigenvalue weighted by Crippen LogP contribution is 2.44. The van der Waals surface area contributed by atoms with E-state index in [1.165, 1.54) is 0 Å². The average molecular weight is 286 g/mol. The Morgan fingerprint density at radius 2 is 1.72 bits per heavy atom. The van der Waals surface area contributed by atoms with E-state index in [0.29, 0.717) is 19.3 Å². The van der Waals surface area contributed by atoms with Gasteiger partial charge in [0.15, 0.2) is 9.84 Å². The molecular weight excluding hydrogens is 264 g/mol. The zero-order valence-corrected chi connectivity index (χ0v) is 13.2. The molecular formula is C13H22O3SSi. The standard InChI is InChI=1S/C13H22O3SSi/c1-18(2,3)8-4-7-13(14)9-11-5-6-12(10-13)17(11,15)16/h11-12,14H,5-7,9-10H2,1-3H3. The van der Waals surface area contributed by atoms with Crippen molar-refractivity contribution in [2.75, 3.05) is 0 Å². The molecule has 2 fully saturated rings.